The van der Waals surface area contributed by atoms with Gasteiger partial charge in [0.2, 0.25) is 5.91 Å². The van der Waals surface area contributed by atoms with Gasteiger partial charge in [-0.05, 0) is 100 Å². The summed E-state index contributed by atoms with van der Waals surface area (Å²) in [6.45, 7) is 11.1. The molecule has 2 atom stereocenters. The maximum atomic E-state index is 14.6. The molecular weight excluding hydrogens is 530 g/mol. The van der Waals surface area contributed by atoms with Gasteiger partial charge in [0.05, 0.1) is 0 Å². The van der Waals surface area contributed by atoms with Crippen LogP contribution in [0, 0.1) is 20.8 Å². The maximum Gasteiger partial charge on any atom is 0.408 e. The van der Waals surface area contributed by atoms with Crippen molar-refractivity contribution in [3.63, 3.8) is 0 Å². The SMILES string of the molecule is Cc1ccccc1NC(=O)C(c1cccc(C)c1C)N(C(=O)C(Cc1ccc(O)cc1)NC(=O)OC(C)(C)C)C1CC1. The zero-order chi connectivity index (χ0) is 30.6. The van der Waals surface area contributed by atoms with Crippen LogP contribution in [-0.4, -0.2) is 45.6 Å². The number of anilines is 1. The molecule has 0 aromatic heterocycles. The molecule has 0 bridgehead atoms. The molecule has 0 radical (unpaired) electrons. The summed E-state index contributed by atoms with van der Waals surface area (Å²) >= 11 is 0. The quantitative estimate of drug-likeness (QED) is 0.287. The van der Waals surface area contributed by atoms with E-state index in [1.165, 1.54) is 12.1 Å². The molecule has 1 saturated carbocycles. The van der Waals surface area contributed by atoms with Crippen molar-refractivity contribution in [1.82, 2.24) is 10.2 Å². The minimum Gasteiger partial charge on any atom is -0.508 e. The topological polar surface area (TPSA) is 108 Å². The first-order valence-corrected chi connectivity index (χ1v) is 14.4. The highest BCUT2D eigenvalue weighted by Crippen LogP contribution is 2.38. The number of para-hydroxylation sites is 1. The second-order valence-corrected chi connectivity index (χ2v) is 12.0. The highest BCUT2D eigenvalue weighted by atomic mass is 16.6. The monoisotopic (exact) mass is 571 g/mol. The number of hydrogen-bond acceptors (Lipinski definition) is 5. The molecule has 222 valence electrons. The number of hydrogen-bond donors (Lipinski definition) is 3. The first kappa shape index (κ1) is 30.6. The molecule has 3 N–H and O–H groups in total. The van der Waals surface area contributed by atoms with Crippen LogP contribution in [-0.2, 0) is 20.7 Å². The lowest BCUT2D eigenvalue weighted by Crippen LogP contribution is -2.54. The van der Waals surface area contributed by atoms with Crippen molar-refractivity contribution in [2.45, 2.75) is 84.5 Å². The Morgan fingerprint density at radius 1 is 0.929 bits per heavy atom. The minimum absolute atomic E-state index is 0.101. The molecule has 4 rings (SSSR count). The molecule has 2 unspecified atom stereocenters. The number of nitrogens with one attached hydrogen (secondary N) is 2. The van der Waals surface area contributed by atoms with Crippen molar-refractivity contribution in [2.75, 3.05) is 5.32 Å². The second-order valence-electron chi connectivity index (χ2n) is 12.0. The van der Waals surface area contributed by atoms with Gasteiger partial charge in [-0.15, -0.1) is 0 Å². The first-order valence-electron chi connectivity index (χ1n) is 14.4. The summed E-state index contributed by atoms with van der Waals surface area (Å²) in [4.78, 5) is 43.4. The van der Waals surface area contributed by atoms with Gasteiger partial charge in [-0.1, -0.05) is 48.5 Å². The lowest BCUT2D eigenvalue weighted by molar-refractivity contribution is -0.141. The third-order valence-electron chi connectivity index (χ3n) is 7.43. The minimum atomic E-state index is -1.01. The predicted molar refractivity (Wildman–Crippen MR) is 163 cm³/mol. The number of ether oxygens (including phenoxy) is 1. The summed E-state index contributed by atoms with van der Waals surface area (Å²) in [5.74, 6) is -0.592. The second kappa shape index (κ2) is 12.7. The molecule has 1 aliphatic carbocycles. The van der Waals surface area contributed by atoms with Crippen molar-refractivity contribution < 1.29 is 24.2 Å². The largest absolute Gasteiger partial charge is 0.508 e. The Labute approximate surface area is 248 Å². The predicted octanol–water partition coefficient (Wildman–Crippen LogP) is 6.12. The highest BCUT2D eigenvalue weighted by molar-refractivity contribution is 6.00. The Hall–Kier alpha value is -4.33. The highest BCUT2D eigenvalue weighted by Gasteiger charge is 2.44. The average molecular weight is 572 g/mol. The Kier molecular flexibility index (Phi) is 9.24. The number of alkyl carbamates (subject to hydrolysis) is 1. The zero-order valence-electron chi connectivity index (χ0n) is 25.2. The number of carbonyl (C=O) groups is 3. The van der Waals surface area contributed by atoms with Crippen molar-refractivity contribution in [3.05, 3.63) is 94.5 Å². The smallest absolute Gasteiger partial charge is 0.408 e. The van der Waals surface area contributed by atoms with E-state index in [0.29, 0.717) is 5.69 Å². The fourth-order valence-electron chi connectivity index (χ4n) is 4.97. The van der Waals surface area contributed by atoms with E-state index >= 15 is 0 Å². The van der Waals surface area contributed by atoms with Crippen LogP contribution < -0.4 is 10.6 Å². The van der Waals surface area contributed by atoms with Crippen LogP contribution in [0.2, 0.25) is 0 Å². The lowest BCUT2D eigenvalue weighted by Gasteiger charge is -2.35. The van der Waals surface area contributed by atoms with Crippen LogP contribution in [0.15, 0.2) is 66.7 Å². The van der Waals surface area contributed by atoms with Gasteiger partial charge in [-0.2, -0.15) is 0 Å². The van der Waals surface area contributed by atoms with E-state index in [-0.39, 0.29) is 30.0 Å². The Balaban J connectivity index is 1.76. The molecule has 8 heteroatoms. The summed E-state index contributed by atoms with van der Waals surface area (Å²) in [5.41, 5.74) is 4.24. The van der Waals surface area contributed by atoms with Crippen LogP contribution in [0.3, 0.4) is 0 Å². The molecule has 1 aliphatic rings. The average Bonchev–Trinajstić information content (AvgIpc) is 3.75. The molecule has 0 heterocycles. The summed E-state index contributed by atoms with van der Waals surface area (Å²) in [5, 5.41) is 15.6. The Morgan fingerprint density at radius 3 is 2.19 bits per heavy atom. The van der Waals surface area contributed by atoms with Gasteiger partial charge in [-0.25, -0.2) is 4.79 Å². The molecule has 42 heavy (non-hydrogen) atoms. The summed E-state index contributed by atoms with van der Waals surface area (Å²) in [6, 6.07) is 17.7. The van der Waals surface area contributed by atoms with E-state index < -0.39 is 23.8 Å². The number of phenols is 1. The molecule has 3 aromatic carbocycles. The summed E-state index contributed by atoms with van der Waals surface area (Å²) < 4.78 is 5.51. The number of carbonyl (C=O) groups excluding carboxylic acids is 3. The third-order valence-corrected chi connectivity index (χ3v) is 7.43. The van der Waals surface area contributed by atoms with Crippen LogP contribution >= 0.6 is 0 Å². The number of amides is 3. The summed E-state index contributed by atoms with van der Waals surface area (Å²) in [7, 11) is 0. The van der Waals surface area contributed by atoms with Crippen molar-refractivity contribution >= 4 is 23.6 Å². The third kappa shape index (κ3) is 7.69. The number of rotatable bonds is 9. The van der Waals surface area contributed by atoms with Gasteiger partial charge in [0.25, 0.3) is 5.91 Å². The van der Waals surface area contributed by atoms with Gasteiger partial charge in [0, 0.05) is 18.2 Å². The Morgan fingerprint density at radius 2 is 1.57 bits per heavy atom. The number of aryl methyl sites for hydroxylation is 2. The number of benzene rings is 3. The van der Waals surface area contributed by atoms with Crippen molar-refractivity contribution in [3.8, 4) is 5.75 Å². The van der Waals surface area contributed by atoms with Crippen LogP contribution in [0.1, 0.15) is 67.5 Å². The van der Waals surface area contributed by atoms with Crippen LogP contribution in [0.4, 0.5) is 10.5 Å². The maximum absolute atomic E-state index is 14.6. The zero-order valence-corrected chi connectivity index (χ0v) is 25.2. The molecule has 3 aromatic rings. The van der Waals surface area contributed by atoms with E-state index in [0.717, 1.165) is 40.7 Å². The van der Waals surface area contributed by atoms with Crippen molar-refractivity contribution in [2.24, 2.45) is 0 Å². The Bertz CT molecular complexity index is 1440. The first-order chi connectivity index (χ1) is 19.8. The van der Waals surface area contributed by atoms with E-state index in [4.69, 9.17) is 4.74 Å². The van der Waals surface area contributed by atoms with E-state index in [9.17, 15) is 19.5 Å². The number of phenolic OH excluding ortho intramolecular Hbond substituents is 1. The van der Waals surface area contributed by atoms with Gasteiger partial charge < -0.3 is 25.4 Å². The van der Waals surface area contributed by atoms with Gasteiger partial charge in [0.1, 0.15) is 23.4 Å². The molecule has 3 amide bonds. The van der Waals surface area contributed by atoms with Gasteiger partial charge in [-0.3, -0.25) is 9.59 Å². The van der Waals surface area contributed by atoms with E-state index in [2.05, 4.69) is 10.6 Å². The number of nitrogens with zero attached hydrogens (tertiary/aromatic N) is 1. The molecule has 1 fully saturated rings. The van der Waals surface area contributed by atoms with Crippen LogP contribution in [0.5, 0.6) is 5.75 Å². The normalized spacial score (nSPS) is 14.4. The molecule has 0 spiro atoms. The van der Waals surface area contributed by atoms with Gasteiger partial charge in [0.15, 0.2) is 0 Å². The standard InChI is InChI=1S/C34H41N3O5/c1-21-11-9-12-27(23(21)3)30(31(39)35-28-13-8-7-10-22(28)2)37(25-16-17-25)32(40)29(36-33(41)42-34(4,5)6)20-24-14-18-26(38)19-15-24/h7-15,18-19,25,29-30,38H,16-17,20H2,1-6H3,(H,35,39)(H,36,41). The van der Waals surface area contributed by atoms with Crippen LogP contribution in [0.25, 0.3) is 0 Å². The fourth-order valence-corrected chi connectivity index (χ4v) is 4.97. The van der Waals surface area contributed by atoms with E-state index in [1.54, 1.807) is 37.8 Å². The summed E-state index contributed by atoms with van der Waals surface area (Å²) in [6.07, 6.45) is 0.940. The molecule has 0 saturated heterocycles. The lowest BCUT2D eigenvalue weighted by atomic mass is 9.94. The molecule has 0 aliphatic heterocycles. The van der Waals surface area contributed by atoms with Crippen molar-refractivity contribution in [1.29, 1.82) is 0 Å². The van der Waals surface area contributed by atoms with Gasteiger partial charge >= 0.3 is 6.09 Å². The number of aromatic hydroxyl groups is 1. The fraction of sp³-hybridized carbons (Fsp3) is 0.382. The van der Waals surface area contributed by atoms with E-state index in [1.807, 2.05) is 63.2 Å². The molecular formula is C34H41N3O5. The molecule has 8 nitrogen and oxygen atoms in total.